The Morgan fingerprint density at radius 2 is 2.31 bits per heavy atom. The number of nitrogens with zero attached hydrogens (tertiary/aromatic N) is 2. The topological polar surface area (TPSA) is 81.5 Å². The Balaban J connectivity index is 3.18. The molecule has 0 aliphatic heterocycles. The van der Waals surface area contributed by atoms with Crippen molar-refractivity contribution in [2.45, 2.75) is 0 Å². The fourth-order valence-corrected chi connectivity index (χ4v) is 0.836. The highest BCUT2D eigenvalue weighted by Gasteiger charge is 2.13. The van der Waals surface area contributed by atoms with Crippen molar-refractivity contribution in [2.75, 3.05) is 0 Å². The van der Waals surface area contributed by atoms with Crippen LogP contribution in [0.15, 0.2) is 23.3 Å². The van der Waals surface area contributed by atoms with Crippen molar-refractivity contribution in [3.05, 3.63) is 39.7 Å². The molecule has 2 N–H and O–H groups in total. The molecule has 0 radical (unpaired) electrons. The van der Waals surface area contributed by atoms with E-state index in [0.29, 0.717) is 5.56 Å². The highest BCUT2D eigenvalue weighted by Crippen LogP contribution is 2.17. The van der Waals surface area contributed by atoms with Crippen LogP contribution in [0.5, 0.6) is 0 Å². The third-order valence-electron chi connectivity index (χ3n) is 1.39. The summed E-state index contributed by atoms with van der Waals surface area (Å²) in [5, 5.41) is 13.4. The minimum Gasteiger partial charge on any atom is -0.323 e. The molecule has 0 aliphatic rings. The summed E-state index contributed by atoms with van der Waals surface area (Å²) in [5.41, 5.74) is -0.201. The molecule has 1 aromatic rings. The molecule has 0 bridgehead atoms. The molecule has 0 aromatic heterocycles. The second kappa shape index (κ2) is 3.61. The Morgan fingerprint density at radius 1 is 1.62 bits per heavy atom. The van der Waals surface area contributed by atoms with Crippen molar-refractivity contribution >= 4 is 11.9 Å². The Hall–Kier alpha value is -1.98. The van der Waals surface area contributed by atoms with Gasteiger partial charge in [-0.25, -0.2) is 0 Å². The van der Waals surface area contributed by atoms with E-state index in [4.69, 9.17) is 5.84 Å². The number of hydrogen-bond donors (Lipinski definition) is 1. The molecule has 1 rings (SSSR count). The molecule has 68 valence electrons. The first-order valence-electron chi connectivity index (χ1n) is 3.32. The summed E-state index contributed by atoms with van der Waals surface area (Å²) in [6.45, 7) is 0. The van der Waals surface area contributed by atoms with Gasteiger partial charge in [-0.1, -0.05) is 0 Å². The molecule has 6 heteroatoms. The molecule has 5 nitrogen and oxygen atoms in total. The van der Waals surface area contributed by atoms with Crippen LogP contribution in [0, 0.1) is 15.9 Å². The first-order valence-corrected chi connectivity index (χ1v) is 3.32. The third-order valence-corrected chi connectivity index (χ3v) is 1.39. The maximum Gasteiger partial charge on any atom is 0.305 e. The van der Waals surface area contributed by atoms with Crippen molar-refractivity contribution in [3.63, 3.8) is 0 Å². The fourth-order valence-electron chi connectivity index (χ4n) is 0.836. The van der Waals surface area contributed by atoms with E-state index in [2.05, 4.69) is 5.10 Å². The smallest absolute Gasteiger partial charge is 0.305 e. The molecule has 1 aromatic carbocycles. The molecule has 0 heterocycles. The van der Waals surface area contributed by atoms with Gasteiger partial charge in [-0.05, 0) is 12.1 Å². The molecule has 0 unspecified atom stereocenters. The molecular formula is C7H6FN3O2. The molecule has 0 fully saturated rings. The van der Waals surface area contributed by atoms with Gasteiger partial charge < -0.3 is 5.84 Å². The number of rotatable bonds is 2. The van der Waals surface area contributed by atoms with E-state index < -0.39 is 16.4 Å². The van der Waals surface area contributed by atoms with E-state index in [0.717, 1.165) is 12.1 Å². The van der Waals surface area contributed by atoms with Gasteiger partial charge in [0.25, 0.3) is 0 Å². The molecule has 0 spiro atoms. The van der Waals surface area contributed by atoms with Gasteiger partial charge in [0, 0.05) is 11.6 Å². The average Bonchev–Trinajstić information content (AvgIpc) is 2.08. The maximum absolute atomic E-state index is 12.7. The maximum atomic E-state index is 12.7. The van der Waals surface area contributed by atoms with Gasteiger partial charge in [0.2, 0.25) is 5.82 Å². The third kappa shape index (κ3) is 1.98. The van der Waals surface area contributed by atoms with Crippen molar-refractivity contribution < 1.29 is 9.31 Å². The van der Waals surface area contributed by atoms with E-state index in [1.807, 2.05) is 0 Å². The van der Waals surface area contributed by atoms with Crippen LogP contribution in [0.1, 0.15) is 5.56 Å². The summed E-state index contributed by atoms with van der Waals surface area (Å²) in [7, 11) is 0. The summed E-state index contributed by atoms with van der Waals surface area (Å²) < 4.78 is 12.7. The number of benzene rings is 1. The first kappa shape index (κ1) is 9.11. The van der Waals surface area contributed by atoms with Crippen LogP contribution in [0.25, 0.3) is 0 Å². The average molecular weight is 183 g/mol. The Bertz CT molecular complexity index is 365. The van der Waals surface area contributed by atoms with E-state index in [9.17, 15) is 14.5 Å². The van der Waals surface area contributed by atoms with Crippen molar-refractivity contribution in [1.29, 1.82) is 0 Å². The minimum absolute atomic E-state index is 0.385. The predicted octanol–water partition coefficient (Wildman–Crippen LogP) is 1.03. The normalized spacial score (nSPS) is 10.5. The summed E-state index contributed by atoms with van der Waals surface area (Å²) >= 11 is 0. The minimum atomic E-state index is -0.876. The number of nitrogens with two attached hydrogens (primary N) is 1. The van der Waals surface area contributed by atoms with Crippen molar-refractivity contribution in [1.82, 2.24) is 0 Å². The lowest BCUT2D eigenvalue weighted by Gasteiger charge is -1.94. The number of hydrazone groups is 1. The molecule has 0 saturated heterocycles. The van der Waals surface area contributed by atoms with Crippen molar-refractivity contribution in [3.8, 4) is 0 Å². The standard InChI is InChI=1S/C7H6FN3O2/c8-6-2-1-5(4-10-9)3-7(6)11(12)13/h1-4H,9H2. The molecule has 0 saturated carbocycles. The van der Waals surface area contributed by atoms with Crippen LogP contribution in [-0.4, -0.2) is 11.1 Å². The van der Waals surface area contributed by atoms with Crippen LogP contribution < -0.4 is 5.84 Å². The zero-order valence-electron chi connectivity index (χ0n) is 6.48. The van der Waals surface area contributed by atoms with Gasteiger partial charge in [0.15, 0.2) is 0 Å². The number of nitro groups is 1. The molecular weight excluding hydrogens is 177 g/mol. The number of hydrogen-bond acceptors (Lipinski definition) is 4. The summed E-state index contributed by atoms with van der Waals surface area (Å²) in [6, 6.07) is 3.40. The van der Waals surface area contributed by atoms with Gasteiger partial charge in [-0.3, -0.25) is 10.1 Å². The zero-order valence-corrected chi connectivity index (χ0v) is 6.48. The SMILES string of the molecule is NN=Cc1ccc(F)c([N+](=O)[O-])c1. The lowest BCUT2D eigenvalue weighted by molar-refractivity contribution is -0.387. The van der Waals surface area contributed by atoms with Crippen molar-refractivity contribution in [2.24, 2.45) is 10.9 Å². The lowest BCUT2D eigenvalue weighted by atomic mass is 10.2. The second-order valence-electron chi connectivity index (χ2n) is 2.25. The van der Waals surface area contributed by atoms with Crippen LogP contribution >= 0.6 is 0 Å². The van der Waals surface area contributed by atoms with Crippen LogP contribution in [-0.2, 0) is 0 Å². The summed E-state index contributed by atoms with van der Waals surface area (Å²) in [6.07, 6.45) is 1.20. The Morgan fingerprint density at radius 3 is 2.85 bits per heavy atom. The molecule has 0 amide bonds. The highest BCUT2D eigenvalue weighted by atomic mass is 19.1. The van der Waals surface area contributed by atoms with Gasteiger partial charge in [-0.2, -0.15) is 9.49 Å². The first-order chi connectivity index (χ1) is 6.15. The van der Waals surface area contributed by atoms with Gasteiger partial charge in [0.05, 0.1) is 11.1 Å². The monoisotopic (exact) mass is 183 g/mol. The van der Waals surface area contributed by atoms with E-state index in [1.165, 1.54) is 12.3 Å². The Kier molecular flexibility index (Phi) is 2.53. The number of halogens is 1. The fraction of sp³-hybridized carbons (Fsp3) is 0. The van der Waals surface area contributed by atoms with Crippen LogP contribution in [0.4, 0.5) is 10.1 Å². The molecule has 0 atom stereocenters. The summed E-state index contributed by atoms with van der Waals surface area (Å²) in [4.78, 5) is 9.47. The lowest BCUT2D eigenvalue weighted by Crippen LogP contribution is -1.94. The molecule has 0 aliphatic carbocycles. The summed E-state index contributed by atoms with van der Waals surface area (Å²) in [5.74, 6) is 3.95. The second-order valence-corrected chi connectivity index (χ2v) is 2.25. The molecule has 13 heavy (non-hydrogen) atoms. The quantitative estimate of drug-likeness (QED) is 0.321. The van der Waals surface area contributed by atoms with Gasteiger partial charge >= 0.3 is 5.69 Å². The largest absolute Gasteiger partial charge is 0.323 e. The van der Waals surface area contributed by atoms with E-state index >= 15 is 0 Å². The Labute approximate surface area is 72.8 Å². The van der Waals surface area contributed by atoms with E-state index in [1.54, 1.807) is 0 Å². The van der Waals surface area contributed by atoms with Crippen LogP contribution in [0.3, 0.4) is 0 Å². The highest BCUT2D eigenvalue weighted by molar-refractivity contribution is 5.80. The van der Waals surface area contributed by atoms with Gasteiger partial charge in [-0.15, -0.1) is 0 Å². The predicted molar refractivity (Wildman–Crippen MR) is 44.8 cm³/mol. The van der Waals surface area contributed by atoms with Crippen LogP contribution in [0.2, 0.25) is 0 Å². The van der Waals surface area contributed by atoms with E-state index in [-0.39, 0.29) is 0 Å². The number of nitro benzene ring substituents is 1. The van der Waals surface area contributed by atoms with Gasteiger partial charge in [0.1, 0.15) is 0 Å². The zero-order chi connectivity index (χ0) is 9.84.